The molecule has 5 rings (SSSR count). The van der Waals surface area contributed by atoms with E-state index < -0.39 is 11.4 Å². The molecule has 0 aliphatic rings. The zero-order valence-electron chi connectivity index (χ0n) is 21.8. The van der Waals surface area contributed by atoms with Crippen molar-refractivity contribution in [3.05, 3.63) is 68.5 Å². The number of nitrogens with two attached hydrogens (primary N) is 2. The highest BCUT2D eigenvalue weighted by Gasteiger charge is 2.35. The molecular weight excluding hydrogens is 536 g/mol. The summed E-state index contributed by atoms with van der Waals surface area (Å²) in [5, 5.41) is 12.8. The Hall–Kier alpha value is -5.35. The summed E-state index contributed by atoms with van der Waals surface area (Å²) in [6.45, 7) is 1.91. The number of anilines is 2. The number of nitrogens with zero attached hydrogens (tertiary/aromatic N) is 3. The lowest BCUT2D eigenvalue weighted by molar-refractivity contribution is -0.672. The molecule has 0 radical (unpaired) electrons. The van der Waals surface area contributed by atoms with Crippen molar-refractivity contribution in [3.8, 4) is 40.1 Å². The van der Waals surface area contributed by atoms with E-state index in [9.17, 15) is 14.9 Å². The summed E-state index contributed by atoms with van der Waals surface area (Å²) >= 11 is 0.945. The molecule has 0 amide bonds. The number of rotatable bonds is 7. The monoisotopic (exact) mass is 559 g/mol. The van der Waals surface area contributed by atoms with Crippen molar-refractivity contribution in [3.63, 3.8) is 0 Å². The number of carbonyl (C=O) groups excluding carboxylic acids is 1. The van der Waals surface area contributed by atoms with E-state index in [4.69, 9.17) is 30.2 Å². The second-order valence-corrected chi connectivity index (χ2v) is 9.63. The first kappa shape index (κ1) is 26.3. The van der Waals surface area contributed by atoms with Crippen molar-refractivity contribution < 1.29 is 28.2 Å². The van der Waals surface area contributed by atoms with Gasteiger partial charge in [-0.15, -0.1) is 11.3 Å². The summed E-state index contributed by atoms with van der Waals surface area (Å²) in [5.41, 5.74) is 13.9. The molecule has 0 atom stereocenters. The third-order valence-corrected chi connectivity index (χ3v) is 7.43. The summed E-state index contributed by atoms with van der Waals surface area (Å²) in [5.74, 6) is 0.260. The average molecular weight is 560 g/mol. The van der Waals surface area contributed by atoms with Gasteiger partial charge in [0.15, 0.2) is 11.5 Å². The van der Waals surface area contributed by atoms with Crippen LogP contribution in [0.4, 0.5) is 11.5 Å². The number of aryl methyl sites for hydroxylation is 1. The Morgan fingerprint density at radius 1 is 1.10 bits per heavy atom. The van der Waals surface area contributed by atoms with Crippen LogP contribution in [-0.4, -0.2) is 37.4 Å². The van der Waals surface area contributed by atoms with E-state index in [0.29, 0.717) is 44.3 Å². The fraction of sp³-hybridized carbons (Fsp3) is 0.148. The van der Waals surface area contributed by atoms with E-state index >= 15 is 0 Å². The quantitative estimate of drug-likeness (QED) is 0.198. The Balaban J connectivity index is 1.77. The van der Waals surface area contributed by atoms with Crippen molar-refractivity contribution in [1.29, 1.82) is 5.26 Å². The summed E-state index contributed by atoms with van der Waals surface area (Å²) < 4.78 is 22.6. The molecule has 3 heterocycles. The summed E-state index contributed by atoms with van der Waals surface area (Å²) in [6, 6.07) is 12.5. The van der Waals surface area contributed by atoms with Crippen LogP contribution >= 0.6 is 11.3 Å². The SMILES string of the molecule is COc1cc(-c2c(C#N)c(N)nc3sc(C(=O)c4c(=O)o[nH][n+]4-c4ccc(C)cc4)c(N)c23)cc(OC)c1OC. The van der Waals surface area contributed by atoms with Crippen LogP contribution in [0.3, 0.4) is 0 Å². The number of hydrogen-bond donors (Lipinski definition) is 3. The molecule has 13 heteroatoms. The molecule has 0 aliphatic heterocycles. The van der Waals surface area contributed by atoms with Gasteiger partial charge in [0.1, 0.15) is 27.2 Å². The van der Waals surface area contributed by atoms with Gasteiger partial charge in [-0.2, -0.15) is 5.26 Å². The van der Waals surface area contributed by atoms with Crippen LogP contribution in [0.1, 0.15) is 26.5 Å². The third kappa shape index (κ3) is 4.07. The Bertz CT molecular complexity index is 1870. The summed E-state index contributed by atoms with van der Waals surface area (Å²) in [6.07, 6.45) is 0. The molecule has 0 bridgehead atoms. The van der Waals surface area contributed by atoms with Crippen LogP contribution < -0.4 is 36.0 Å². The number of pyridine rings is 1. The lowest BCUT2D eigenvalue weighted by atomic mass is 9.96. The molecule has 0 unspecified atom stereocenters. The maximum atomic E-state index is 13.8. The Morgan fingerprint density at radius 3 is 2.33 bits per heavy atom. The Labute approximate surface area is 230 Å². The zero-order chi connectivity index (χ0) is 28.7. The van der Waals surface area contributed by atoms with E-state index in [-0.39, 0.29) is 27.6 Å². The smallest absolute Gasteiger partial charge is 0.439 e. The van der Waals surface area contributed by atoms with Crippen molar-refractivity contribution in [2.24, 2.45) is 0 Å². The van der Waals surface area contributed by atoms with Crippen molar-refractivity contribution >= 4 is 38.8 Å². The number of nitriles is 1. The van der Waals surface area contributed by atoms with Gasteiger partial charge in [-0.25, -0.2) is 9.78 Å². The number of nitrogens with one attached hydrogen (secondary N) is 1. The fourth-order valence-electron chi connectivity index (χ4n) is 4.42. The number of aromatic nitrogens is 3. The highest BCUT2D eigenvalue weighted by Crippen LogP contribution is 2.47. The lowest BCUT2D eigenvalue weighted by Crippen LogP contribution is -2.41. The van der Waals surface area contributed by atoms with Crippen molar-refractivity contribution in [1.82, 2.24) is 10.3 Å². The molecular formula is C27H23N6O6S+. The maximum Gasteiger partial charge on any atom is 0.439 e. The molecule has 0 aliphatic carbocycles. The van der Waals surface area contributed by atoms with Crippen LogP contribution in [0.15, 0.2) is 45.7 Å². The zero-order valence-corrected chi connectivity index (χ0v) is 22.6. The van der Waals surface area contributed by atoms with E-state index in [2.05, 4.69) is 16.3 Å². The topological polar surface area (TPSA) is 183 Å². The fourth-order valence-corrected chi connectivity index (χ4v) is 5.47. The lowest BCUT2D eigenvalue weighted by Gasteiger charge is -2.16. The third-order valence-electron chi connectivity index (χ3n) is 6.33. The molecule has 5 N–H and O–H groups in total. The molecule has 5 aromatic rings. The van der Waals surface area contributed by atoms with Gasteiger partial charge in [0.05, 0.1) is 27.0 Å². The number of aromatic amines is 1. The first-order valence-corrected chi connectivity index (χ1v) is 12.5. The van der Waals surface area contributed by atoms with Crippen LogP contribution in [-0.2, 0) is 0 Å². The van der Waals surface area contributed by atoms with Gasteiger partial charge in [0, 0.05) is 23.1 Å². The number of nitrogen functional groups attached to an aromatic ring is 2. The van der Waals surface area contributed by atoms with Gasteiger partial charge < -0.3 is 25.7 Å². The minimum Gasteiger partial charge on any atom is -0.493 e. The first-order chi connectivity index (χ1) is 19.2. The number of thiophene rings is 1. The van der Waals surface area contributed by atoms with Crippen molar-refractivity contribution in [2.45, 2.75) is 6.92 Å². The Morgan fingerprint density at radius 2 is 1.75 bits per heavy atom. The molecule has 0 saturated carbocycles. The molecule has 202 valence electrons. The molecule has 40 heavy (non-hydrogen) atoms. The van der Waals surface area contributed by atoms with Gasteiger partial charge in [0.25, 0.3) is 5.78 Å². The second kappa shape index (κ2) is 10.1. The van der Waals surface area contributed by atoms with E-state index in [0.717, 1.165) is 16.9 Å². The standard InChI is InChI=1S/C27H22N6O6S/c1-12-5-7-14(8-6-12)33-21(27(35)39-32-33)22(34)24-20(29)19-18(15(11-28)25(30)31-26(19)40-24)13-9-16(36-2)23(38-4)17(10-13)37-3/h5-10H,1-4H3,(H4-,29,30,31,32,34,35)/p+1. The van der Waals surface area contributed by atoms with Gasteiger partial charge in [-0.1, -0.05) is 17.7 Å². The summed E-state index contributed by atoms with van der Waals surface area (Å²) in [4.78, 5) is 31.1. The number of benzene rings is 2. The number of hydrogen-bond acceptors (Lipinski definition) is 11. The molecule has 0 fully saturated rings. The van der Waals surface area contributed by atoms with E-state index in [1.54, 1.807) is 24.3 Å². The molecule has 0 spiro atoms. The highest BCUT2D eigenvalue weighted by atomic mass is 32.1. The number of methoxy groups -OCH3 is 3. The number of ketones is 1. The van der Waals surface area contributed by atoms with Gasteiger partial charge >= 0.3 is 11.3 Å². The normalized spacial score (nSPS) is 10.9. The van der Waals surface area contributed by atoms with Crippen molar-refractivity contribution in [2.75, 3.05) is 32.8 Å². The average Bonchev–Trinajstić information content (AvgIpc) is 3.50. The number of carbonyl (C=O) groups is 1. The van der Waals surface area contributed by atoms with Gasteiger partial charge in [-0.3, -0.25) is 9.32 Å². The van der Waals surface area contributed by atoms with Gasteiger partial charge in [-0.05, 0) is 34.6 Å². The molecule has 2 aromatic carbocycles. The number of H-pyrrole nitrogens is 1. The Kier molecular flexibility index (Phi) is 6.62. The molecule has 0 saturated heterocycles. The first-order valence-electron chi connectivity index (χ1n) is 11.7. The van der Waals surface area contributed by atoms with Crippen LogP contribution in [0, 0.1) is 18.3 Å². The van der Waals surface area contributed by atoms with Crippen LogP contribution in [0.25, 0.3) is 27.0 Å². The number of ether oxygens (including phenoxy) is 3. The summed E-state index contributed by atoms with van der Waals surface area (Å²) in [7, 11) is 4.40. The van der Waals surface area contributed by atoms with Gasteiger partial charge in [0.2, 0.25) is 11.4 Å². The van der Waals surface area contributed by atoms with E-state index in [1.165, 1.54) is 26.0 Å². The highest BCUT2D eigenvalue weighted by molar-refractivity contribution is 7.21. The maximum absolute atomic E-state index is 13.8. The predicted octanol–water partition coefficient (Wildman–Crippen LogP) is 3.12. The minimum atomic E-state index is -0.877. The number of fused-ring (bicyclic) bond motifs is 1. The molecule has 12 nitrogen and oxygen atoms in total. The largest absolute Gasteiger partial charge is 0.493 e. The van der Waals surface area contributed by atoms with Crippen LogP contribution in [0.5, 0.6) is 17.2 Å². The predicted molar refractivity (Wildman–Crippen MR) is 147 cm³/mol. The molecule has 3 aromatic heterocycles. The minimum absolute atomic E-state index is 0.0220. The van der Waals surface area contributed by atoms with E-state index in [1.807, 2.05) is 19.1 Å². The van der Waals surface area contributed by atoms with Crippen LogP contribution in [0.2, 0.25) is 0 Å². The second-order valence-electron chi connectivity index (χ2n) is 8.63.